The molecule has 0 amide bonds. The molecule has 0 saturated heterocycles. The lowest BCUT2D eigenvalue weighted by atomic mass is 9.77. The molecule has 2 aliphatic rings. The van der Waals surface area contributed by atoms with E-state index in [1.54, 1.807) is 0 Å². The first-order valence-electron chi connectivity index (χ1n) is 7.32. The molecule has 0 radical (unpaired) electrons. The number of allylic oxidation sites excluding steroid dienone is 2. The van der Waals surface area contributed by atoms with E-state index in [0.29, 0.717) is 5.57 Å². The smallest absolute Gasteiger partial charge is 0.339 e. The number of hydrogen-bond donors (Lipinski definition) is 0. The van der Waals surface area contributed by atoms with E-state index in [4.69, 9.17) is 4.74 Å². The number of carbonyl (C=O) groups excluding carboxylic acids is 1. The summed E-state index contributed by atoms with van der Waals surface area (Å²) in [7, 11) is 0. The first-order chi connectivity index (χ1) is 9.92. The van der Waals surface area contributed by atoms with Crippen molar-refractivity contribution in [3.63, 3.8) is 0 Å². The molecule has 1 aliphatic carbocycles. The standard InChI is InChI=1S/C19H20O2/c1-18(2)16-11-13-19(3,14-8-5-4-6-9-14)12-7-10-15(16)17(20)21-18/h4-11,13H,12H2,1-3H3/b10-7-,13-11-. The molecule has 1 atom stereocenters. The van der Waals surface area contributed by atoms with Crippen LogP contribution in [0, 0.1) is 0 Å². The molecule has 0 bridgehead atoms. The summed E-state index contributed by atoms with van der Waals surface area (Å²) in [5, 5.41) is 0. The van der Waals surface area contributed by atoms with Gasteiger partial charge in [-0.25, -0.2) is 4.79 Å². The van der Waals surface area contributed by atoms with E-state index in [9.17, 15) is 4.79 Å². The summed E-state index contributed by atoms with van der Waals surface area (Å²) < 4.78 is 5.47. The topological polar surface area (TPSA) is 26.3 Å². The highest BCUT2D eigenvalue weighted by Crippen LogP contribution is 2.38. The molecule has 0 aromatic heterocycles. The zero-order chi connectivity index (χ0) is 15.1. The Morgan fingerprint density at radius 2 is 1.76 bits per heavy atom. The van der Waals surface area contributed by atoms with Gasteiger partial charge in [0, 0.05) is 11.0 Å². The van der Waals surface area contributed by atoms with Gasteiger partial charge >= 0.3 is 5.97 Å². The summed E-state index contributed by atoms with van der Waals surface area (Å²) in [6.07, 6.45) is 9.12. The first kappa shape index (κ1) is 13.9. The molecule has 2 nitrogen and oxygen atoms in total. The van der Waals surface area contributed by atoms with Crippen molar-refractivity contribution in [2.75, 3.05) is 0 Å². The third-order valence-electron chi connectivity index (χ3n) is 4.38. The molecular weight excluding hydrogens is 260 g/mol. The van der Waals surface area contributed by atoms with E-state index in [2.05, 4.69) is 49.4 Å². The molecule has 0 fully saturated rings. The Labute approximate surface area is 125 Å². The highest BCUT2D eigenvalue weighted by molar-refractivity contribution is 5.96. The lowest BCUT2D eigenvalue weighted by Crippen LogP contribution is -2.23. The molecule has 3 rings (SSSR count). The molecule has 2 heteroatoms. The van der Waals surface area contributed by atoms with E-state index in [0.717, 1.165) is 12.0 Å². The number of cyclic esters (lactones) is 1. The lowest BCUT2D eigenvalue weighted by Gasteiger charge is -2.27. The highest BCUT2D eigenvalue weighted by Gasteiger charge is 2.39. The van der Waals surface area contributed by atoms with Gasteiger partial charge in [0.2, 0.25) is 0 Å². The molecule has 0 saturated carbocycles. The summed E-state index contributed by atoms with van der Waals surface area (Å²) in [5.74, 6) is -0.223. The Hall–Kier alpha value is -2.09. The van der Waals surface area contributed by atoms with Crippen LogP contribution in [0.4, 0.5) is 0 Å². The Balaban J connectivity index is 2.06. The Morgan fingerprint density at radius 3 is 2.48 bits per heavy atom. The second-order valence-electron chi connectivity index (χ2n) is 6.45. The monoisotopic (exact) mass is 280 g/mol. The molecule has 0 spiro atoms. The third kappa shape index (κ3) is 2.35. The van der Waals surface area contributed by atoms with Crippen LogP contribution in [-0.2, 0) is 14.9 Å². The minimum Gasteiger partial charge on any atom is -0.451 e. The number of esters is 1. The number of benzene rings is 1. The van der Waals surface area contributed by atoms with E-state index in [1.807, 2.05) is 26.0 Å². The minimum atomic E-state index is -0.553. The lowest BCUT2D eigenvalue weighted by molar-refractivity contribution is -0.144. The number of carbonyl (C=O) groups is 1. The van der Waals surface area contributed by atoms with Crippen molar-refractivity contribution in [2.45, 2.75) is 38.2 Å². The largest absolute Gasteiger partial charge is 0.451 e. The van der Waals surface area contributed by atoms with Crippen LogP contribution in [0.3, 0.4) is 0 Å². The summed E-state index contributed by atoms with van der Waals surface area (Å²) in [5.41, 5.74) is 2.30. The average Bonchev–Trinajstić information content (AvgIpc) is 2.64. The zero-order valence-electron chi connectivity index (χ0n) is 12.7. The number of ether oxygens (including phenoxy) is 1. The second-order valence-corrected chi connectivity index (χ2v) is 6.45. The van der Waals surface area contributed by atoms with Crippen LogP contribution >= 0.6 is 0 Å². The number of rotatable bonds is 1. The maximum atomic E-state index is 12.0. The highest BCUT2D eigenvalue weighted by atomic mass is 16.6. The van der Waals surface area contributed by atoms with E-state index in [-0.39, 0.29) is 11.4 Å². The molecule has 108 valence electrons. The van der Waals surface area contributed by atoms with Crippen LogP contribution in [0.2, 0.25) is 0 Å². The molecule has 1 aromatic rings. The fourth-order valence-electron chi connectivity index (χ4n) is 3.01. The van der Waals surface area contributed by atoms with Crippen molar-refractivity contribution < 1.29 is 9.53 Å². The van der Waals surface area contributed by atoms with Crippen molar-refractivity contribution in [3.8, 4) is 0 Å². The second kappa shape index (κ2) is 4.73. The maximum absolute atomic E-state index is 12.0. The Morgan fingerprint density at radius 1 is 1.05 bits per heavy atom. The Kier molecular flexibility index (Phi) is 3.12. The van der Waals surface area contributed by atoms with Crippen molar-refractivity contribution in [1.82, 2.24) is 0 Å². The first-order valence-corrected chi connectivity index (χ1v) is 7.32. The summed E-state index contributed by atoms with van der Waals surface area (Å²) >= 11 is 0. The third-order valence-corrected chi connectivity index (χ3v) is 4.38. The molecule has 1 unspecified atom stereocenters. The molecular formula is C19H20O2. The van der Waals surface area contributed by atoms with E-state index in [1.165, 1.54) is 5.56 Å². The van der Waals surface area contributed by atoms with Gasteiger partial charge in [0.05, 0.1) is 5.57 Å². The minimum absolute atomic E-state index is 0.0714. The number of hydrogen-bond acceptors (Lipinski definition) is 2. The predicted molar refractivity (Wildman–Crippen MR) is 83.9 cm³/mol. The van der Waals surface area contributed by atoms with Crippen LogP contribution < -0.4 is 0 Å². The zero-order valence-corrected chi connectivity index (χ0v) is 12.7. The van der Waals surface area contributed by atoms with E-state index < -0.39 is 5.60 Å². The molecule has 1 aromatic carbocycles. The van der Waals surface area contributed by atoms with Crippen molar-refractivity contribution in [3.05, 3.63) is 71.3 Å². The molecule has 0 N–H and O–H groups in total. The van der Waals surface area contributed by atoms with Gasteiger partial charge in [-0.2, -0.15) is 0 Å². The van der Waals surface area contributed by atoms with Gasteiger partial charge in [-0.1, -0.05) is 61.6 Å². The SMILES string of the molecule is CC1(C)OC(=O)C2=C1/C=C\C(C)(c1ccccc1)C/C=C\2. The van der Waals surface area contributed by atoms with Crippen LogP contribution in [-0.4, -0.2) is 11.6 Å². The molecule has 1 heterocycles. The van der Waals surface area contributed by atoms with E-state index >= 15 is 0 Å². The fraction of sp³-hybridized carbons (Fsp3) is 0.316. The van der Waals surface area contributed by atoms with Gasteiger partial charge in [0.15, 0.2) is 0 Å². The quantitative estimate of drug-likeness (QED) is 0.724. The molecule has 1 aliphatic heterocycles. The van der Waals surface area contributed by atoms with Crippen molar-refractivity contribution in [1.29, 1.82) is 0 Å². The van der Waals surface area contributed by atoms with Crippen LogP contribution in [0.25, 0.3) is 0 Å². The maximum Gasteiger partial charge on any atom is 0.339 e. The van der Waals surface area contributed by atoms with Crippen LogP contribution in [0.5, 0.6) is 0 Å². The van der Waals surface area contributed by atoms with Gasteiger partial charge in [-0.05, 0) is 25.8 Å². The summed E-state index contributed by atoms with van der Waals surface area (Å²) in [6, 6.07) is 10.5. The summed E-state index contributed by atoms with van der Waals surface area (Å²) in [4.78, 5) is 12.0. The molecule has 21 heavy (non-hydrogen) atoms. The van der Waals surface area contributed by atoms with Gasteiger partial charge in [-0.3, -0.25) is 0 Å². The fourth-order valence-corrected chi connectivity index (χ4v) is 3.01. The van der Waals surface area contributed by atoms with Gasteiger partial charge in [0.25, 0.3) is 0 Å². The van der Waals surface area contributed by atoms with Gasteiger partial charge < -0.3 is 4.74 Å². The predicted octanol–water partition coefficient (Wildman–Crippen LogP) is 4.09. The van der Waals surface area contributed by atoms with Gasteiger partial charge in [-0.15, -0.1) is 0 Å². The van der Waals surface area contributed by atoms with Crippen molar-refractivity contribution in [2.24, 2.45) is 0 Å². The Bertz CT molecular complexity index is 662. The van der Waals surface area contributed by atoms with Crippen LogP contribution in [0.15, 0.2) is 65.8 Å². The normalized spacial score (nSPS) is 30.1. The van der Waals surface area contributed by atoms with Crippen molar-refractivity contribution >= 4 is 5.97 Å². The summed E-state index contributed by atoms with van der Waals surface area (Å²) in [6.45, 7) is 6.10. The van der Waals surface area contributed by atoms with Gasteiger partial charge in [0.1, 0.15) is 5.60 Å². The average molecular weight is 280 g/mol. The van der Waals surface area contributed by atoms with Crippen LogP contribution in [0.1, 0.15) is 32.8 Å².